The van der Waals surface area contributed by atoms with Gasteiger partial charge in [0.1, 0.15) is 23.5 Å². The Bertz CT molecular complexity index is 751. The molecule has 1 saturated heterocycles. The summed E-state index contributed by atoms with van der Waals surface area (Å²) in [5.74, 6) is -1.64. The number of piperazine rings is 1. The first-order valence-electron chi connectivity index (χ1n) is 8.16. The van der Waals surface area contributed by atoms with Crippen LogP contribution in [0.5, 0.6) is 0 Å². The van der Waals surface area contributed by atoms with E-state index in [4.69, 9.17) is 9.47 Å². The first-order valence-corrected chi connectivity index (χ1v) is 8.16. The summed E-state index contributed by atoms with van der Waals surface area (Å²) in [5.41, 5.74) is -1.27. The molecule has 1 aromatic heterocycles. The molecule has 10 nitrogen and oxygen atoms in total. The van der Waals surface area contributed by atoms with Crippen molar-refractivity contribution in [3.63, 3.8) is 0 Å². The van der Waals surface area contributed by atoms with Crippen molar-refractivity contribution in [1.29, 1.82) is 0 Å². The maximum absolute atomic E-state index is 13.6. The van der Waals surface area contributed by atoms with Gasteiger partial charge in [-0.05, 0) is 20.8 Å². The summed E-state index contributed by atoms with van der Waals surface area (Å²) in [6.07, 6.45) is 0.172. The Morgan fingerprint density at radius 3 is 2.59 bits per heavy atom. The standard InChI is InChI=1S/C16H21FN4O6/c1-16(2,3)27-15(23)19-5-6-20(12(9-19)14(22)26-4)10-7-13(17)18-8-11(10)21(24)25/h7-8,12H,5-6,9H2,1-4H3/t12-/m0/s1. The third-order valence-electron chi connectivity index (χ3n) is 3.84. The molecule has 1 aliphatic rings. The minimum atomic E-state index is -1.06. The fourth-order valence-corrected chi connectivity index (χ4v) is 2.69. The maximum Gasteiger partial charge on any atom is 0.410 e. The average Bonchev–Trinajstić information content (AvgIpc) is 2.58. The van der Waals surface area contributed by atoms with E-state index in [-0.39, 0.29) is 25.3 Å². The van der Waals surface area contributed by atoms with Crippen LogP contribution in [0.15, 0.2) is 12.3 Å². The molecule has 0 spiro atoms. The van der Waals surface area contributed by atoms with Gasteiger partial charge in [-0.15, -0.1) is 0 Å². The van der Waals surface area contributed by atoms with Crippen molar-refractivity contribution >= 4 is 23.4 Å². The lowest BCUT2D eigenvalue weighted by atomic mass is 10.1. The molecule has 1 amide bonds. The number of hydrogen-bond acceptors (Lipinski definition) is 8. The molecule has 1 atom stereocenters. The summed E-state index contributed by atoms with van der Waals surface area (Å²) in [7, 11) is 1.16. The van der Waals surface area contributed by atoms with Gasteiger partial charge in [0.15, 0.2) is 0 Å². The van der Waals surface area contributed by atoms with E-state index in [1.54, 1.807) is 20.8 Å². The van der Waals surface area contributed by atoms with Gasteiger partial charge in [-0.25, -0.2) is 14.6 Å². The van der Waals surface area contributed by atoms with Crippen molar-refractivity contribution in [3.05, 3.63) is 28.3 Å². The fourth-order valence-electron chi connectivity index (χ4n) is 2.69. The van der Waals surface area contributed by atoms with Crippen LogP contribution in [0.1, 0.15) is 20.8 Å². The number of halogens is 1. The van der Waals surface area contributed by atoms with E-state index in [1.165, 1.54) is 9.80 Å². The van der Waals surface area contributed by atoms with Crippen molar-refractivity contribution in [2.24, 2.45) is 0 Å². The summed E-state index contributed by atoms with van der Waals surface area (Å²) in [5, 5.41) is 11.3. The number of pyridine rings is 1. The number of carbonyl (C=O) groups is 2. The number of methoxy groups -OCH3 is 1. The van der Waals surface area contributed by atoms with Gasteiger partial charge in [0, 0.05) is 19.2 Å². The Hall–Kier alpha value is -2.98. The van der Waals surface area contributed by atoms with E-state index < -0.39 is 40.3 Å². The van der Waals surface area contributed by atoms with Gasteiger partial charge < -0.3 is 19.3 Å². The molecule has 1 aromatic rings. The Morgan fingerprint density at radius 2 is 2.04 bits per heavy atom. The zero-order valence-electron chi connectivity index (χ0n) is 15.5. The molecule has 0 unspecified atom stereocenters. The van der Waals surface area contributed by atoms with Gasteiger partial charge in [-0.1, -0.05) is 0 Å². The van der Waals surface area contributed by atoms with E-state index in [1.807, 2.05) is 0 Å². The number of aromatic nitrogens is 1. The molecule has 0 bridgehead atoms. The Kier molecular flexibility index (Phi) is 5.82. The highest BCUT2D eigenvalue weighted by atomic mass is 19.1. The molecule has 0 radical (unpaired) electrons. The third kappa shape index (κ3) is 4.80. The number of nitrogens with zero attached hydrogens (tertiary/aromatic N) is 4. The normalized spacial score (nSPS) is 17.4. The predicted octanol–water partition coefficient (Wildman–Crippen LogP) is 1.73. The second-order valence-electron chi connectivity index (χ2n) is 6.91. The second-order valence-corrected chi connectivity index (χ2v) is 6.91. The summed E-state index contributed by atoms with van der Waals surface area (Å²) in [6.45, 7) is 5.18. The van der Waals surface area contributed by atoms with Crippen LogP contribution in [0, 0.1) is 16.1 Å². The SMILES string of the molecule is COC(=O)[C@@H]1CN(C(=O)OC(C)(C)C)CCN1c1cc(F)ncc1[N+](=O)[O-]. The van der Waals surface area contributed by atoms with E-state index in [0.717, 1.165) is 19.4 Å². The average molecular weight is 384 g/mol. The van der Waals surface area contributed by atoms with Gasteiger partial charge >= 0.3 is 17.7 Å². The smallest absolute Gasteiger partial charge is 0.410 e. The Balaban J connectivity index is 2.34. The van der Waals surface area contributed by atoms with Crippen LogP contribution in [0.3, 0.4) is 0 Å². The van der Waals surface area contributed by atoms with Crippen LogP contribution >= 0.6 is 0 Å². The minimum Gasteiger partial charge on any atom is -0.467 e. The quantitative estimate of drug-likeness (QED) is 0.335. The van der Waals surface area contributed by atoms with Crippen LogP contribution in [-0.4, -0.2) is 65.3 Å². The Labute approximate surface area is 155 Å². The molecule has 2 rings (SSSR count). The molecular weight excluding hydrogens is 363 g/mol. The van der Waals surface area contributed by atoms with E-state index >= 15 is 0 Å². The molecule has 0 aromatic carbocycles. The molecular formula is C16H21FN4O6. The van der Waals surface area contributed by atoms with Crippen LogP contribution in [-0.2, 0) is 14.3 Å². The molecule has 1 fully saturated rings. The predicted molar refractivity (Wildman–Crippen MR) is 91.8 cm³/mol. The molecule has 0 saturated carbocycles. The third-order valence-corrected chi connectivity index (χ3v) is 3.84. The second kappa shape index (κ2) is 7.72. The van der Waals surface area contributed by atoms with Gasteiger partial charge in [0.2, 0.25) is 5.95 Å². The number of rotatable bonds is 3. The van der Waals surface area contributed by atoms with Crippen molar-refractivity contribution in [2.45, 2.75) is 32.4 Å². The lowest BCUT2D eigenvalue weighted by molar-refractivity contribution is -0.384. The molecule has 11 heteroatoms. The number of anilines is 1. The molecule has 27 heavy (non-hydrogen) atoms. The summed E-state index contributed by atoms with van der Waals surface area (Å²) in [4.78, 5) is 41.0. The fraction of sp³-hybridized carbons (Fsp3) is 0.562. The minimum absolute atomic E-state index is 0.0449. The van der Waals surface area contributed by atoms with Crippen LogP contribution < -0.4 is 4.90 Å². The first kappa shape index (κ1) is 20.3. The van der Waals surface area contributed by atoms with Crippen molar-refractivity contribution in [1.82, 2.24) is 9.88 Å². The molecule has 1 aliphatic heterocycles. The van der Waals surface area contributed by atoms with Gasteiger partial charge in [0.05, 0.1) is 18.6 Å². The number of carbonyl (C=O) groups excluding carboxylic acids is 2. The number of ether oxygens (including phenoxy) is 2. The molecule has 0 N–H and O–H groups in total. The summed E-state index contributed by atoms with van der Waals surface area (Å²) < 4.78 is 23.7. The van der Waals surface area contributed by atoms with Gasteiger partial charge in [-0.2, -0.15) is 4.39 Å². The largest absolute Gasteiger partial charge is 0.467 e. The monoisotopic (exact) mass is 384 g/mol. The van der Waals surface area contributed by atoms with Crippen molar-refractivity contribution < 1.29 is 28.4 Å². The topological polar surface area (TPSA) is 115 Å². The zero-order chi connectivity index (χ0) is 20.4. The summed E-state index contributed by atoms with van der Waals surface area (Å²) >= 11 is 0. The maximum atomic E-state index is 13.6. The lowest BCUT2D eigenvalue weighted by Gasteiger charge is -2.40. The number of nitro groups is 1. The molecule has 2 heterocycles. The van der Waals surface area contributed by atoms with E-state index in [0.29, 0.717) is 0 Å². The van der Waals surface area contributed by atoms with Gasteiger partial charge in [0.25, 0.3) is 0 Å². The van der Waals surface area contributed by atoms with Crippen LogP contribution in [0.4, 0.5) is 20.6 Å². The first-order chi connectivity index (χ1) is 12.5. The highest BCUT2D eigenvalue weighted by Crippen LogP contribution is 2.31. The highest BCUT2D eigenvalue weighted by Gasteiger charge is 2.39. The lowest BCUT2D eigenvalue weighted by Crippen LogP contribution is -2.59. The van der Waals surface area contributed by atoms with Gasteiger partial charge in [-0.3, -0.25) is 10.1 Å². The van der Waals surface area contributed by atoms with Crippen LogP contribution in [0.2, 0.25) is 0 Å². The van der Waals surface area contributed by atoms with E-state index in [9.17, 15) is 24.1 Å². The van der Waals surface area contributed by atoms with Crippen LogP contribution in [0.25, 0.3) is 0 Å². The Morgan fingerprint density at radius 1 is 1.37 bits per heavy atom. The molecule has 148 valence electrons. The summed E-state index contributed by atoms with van der Waals surface area (Å²) in [6, 6.07) is -0.172. The number of amides is 1. The number of esters is 1. The zero-order valence-corrected chi connectivity index (χ0v) is 15.5. The number of hydrogen-bond donors (Lipinski definition) is 0. The highest BCUT2D eigenvalue weighted by molar-refractivity contribution is 5.83. The van der Waals surface area contributed by atoms with Crippen molar-refractivity contribution in [2.75, 3.05) is 31.6 Å². The van der Waals surface area contributed by atoms with E-state index in [2.05, 4.69) is 4.98 Å². The molecule has 0 aliphatic carbocycles. The van der Waals surface area contributed by atoms with Crippen molar-refractivity contribution in [3.8, 4) is 0 Å².